The van der Waals surface area contributed by atoms with Crippen LogP contribution in [0.3, 0.4) is 0 Å². The molecule has 0 spiro atoms. The largest absolute Gasteiger partial charge is 0.462 e. The smallest absolute Gasteiger partial charge is 0.306 e. The topological polar surface area (TPSA) is 78.9 Å². The minimum atomic E-state index is -0.772. The van der Waals surface area contributed by atoms with E-state index in [-0.39, 0.29) is 31.1 Å². The number of carbonyl (C=O) groups is 3. The van der Waals surface area contributed by atoms with Gasteiger partial charge in [0.15, 0.2) is 6.10 Å². The average Bonchev–Trinajstić information content (AvgIpc) is 3.39. The van der Waals surface area contributed by atoms with E-state index in [2.05, 4.69) is 81.5 Å². The minimum Gasteiger partial charge on any atom is -0.462 e. The maximum absolute atomic E-state index is 12.9. The SMILES string of the molecule is CC/C=C\C/C=C\C/C=C\C/C=C\CCCCCCCCCCCCCCCCC(=O)OCC(COC(=O)CCCCCCCCCCC)OC(=O)CCCCCCCCCCC/C=C\CCCCCCCC. The van der Waals surface area contributed by atoms with Crippen molar-refractivity contribution in [1.29, 1.82) is 0 Å². The highest BCUT2D eigenvalue weighted by Gasteiger charge is 2.19. The van der Waals surface area contributed by atoms with Gasteiger partial charge in [-0.15, -0.1) is 0 Å². The third-order valence-electron chi connectivity index (χ3n) is 14.0. The van der Waals surface area contributed by atoms with Gasteiger partial charge in [0, 0.05) is 19.3 Å². The molecule has 0 bridgehead atoms. The van der Waals surface area contributed by atoms with E-state index in [0.29, 0.717) is 19.3 Å². The standard InChI is InChI=1S/C67H120O6/c1-4-7-10-13-16-19-21-23-25-27-29-30-31-32-33-34-35-36-38-39-41-43-45-48-51-54-57-60-66(69)72-63-64(62-71-65(68)59-56-53-50-47-18-15-12-9-6-3)73-67(70)61-58-55-52-49-46-44-42-40-37-28-26-24-22-20-17-14-11-8-5-2/h7,10,16,19,23-26,29-30,64H,4-6,8-9,11-15,17-18,20-22,27-28,31-63H2,1-3H3/b10-7-,19-16-,25-23-,26-24-,30-29-. The molecule has 0 aromatic carbocycles. The summed E-state index contributed by atoms with van der Waals surface area (Å²) < 4.78 is 16.9. The zero-order valence-corrected chi connectivity index (χ0v) is 48.7. The third-order valence-corrected chi connectivity index (χ3v) is 14.0. The summed E-state index contributed by atoms with van der Waals surface area (Å²) in [5.41, 5.74) is 0. The summed E-state index contributed by atoms with van der Waals surface area (Å²) in [4.78, 5) is 38.2. The molecule has 1 unspecified atom stereocenters. The van der Waals surface area contributed by atoms with Crippen LogP contribution in [0.2, 0.25) is 0 Å². The Morgan fingerprint density at radius 1 is 0.288 bits per heavy atom. The number of unbranched alkanes of at least 4 members (excludes halogenated alkanes) is 37. The number of allylic oxidation sites excluding steroid dienone is 10. The molecule has 0 radical (unpaired) electrons. The van der Waals surface area contributed by atoms with E-state index >= 15 is 0 Å². The van der Waals surface area contributed by atoms with Crippen molar-refractivity contribution in [1.82, 2.24) is 0 Å². The molecule has 0 aromatic heterocycles. The normalized spacial score (nSPS) is 12.4. The van der Waals surface area contributed by atoms with Crippen molar-refractivity contribution in [3.05, 3.63) is 60.8 Å². The van der Waals surface area contributed by atoms with E-state index in [4.69, 9.17) is 14.2 Å². The van der Waals surface area contributed by atoms with Gasteiger partial charge in [0.05, 0.1) is 0 Å². The second-order valence-corrected chi connectivity index (χ2v) is 21.3. The molecule has 0 aromatic rings. The third kappa shape index (κ3) is 59.9. The number of hydrogen-bond donors (Lipinski definition) is 0. The number of hydrogen-bond acceptors (Lipinski definition) is 6. The quantitative estimate of drug-likeness (QED) is 0.0261. The van der Waals surface area contributed by atoms with E-state index < -0.39 is 6.10 Å². The van der Waals surface area contributed by atoms with Gasteiger partial charge < -0.3 is 14.2 Å². The van der Waals surface area contributed by atoms with Crippen LogP contribution in [0.5, 0.6) is 0 Å². The van der Waals surface area contributed by atoms with Crippen LogP contribution in [0.1, 0.15) is 329 Å². The Morgan fingerprint density at radius 2 is 0.534 bits per heavy atom. The van der Waals surface area contributed by atoms with Crippen molar-refractivity contribution in [3.63, 3.8) is 0 Å². The molecule has 424 valence electrons. The maximum Gasteiger partial charge on any atom is 0.306 e. The first-order valence-electron chi connectivity index (χ1n) is 31.8. The molecule has 0 aliphatic carbocycles. The summed E-state index contributed by atoms with van der Waals surface area (Å²) >= 11 is 0. The molecule has 0 rings (SSSR count). The lowest BCUT2D eigenvalue weighted by atomic mass is 10.0. The molecule has 0 N–H and O–H groups in total. The fraction of sp³-hybridized carbons (Fsp3) is 0.806. The summed E-state index contributed by atoms with van der Waals surface area (Å²) in [6, 6.07) is 0. The van der Waals surface area contributed by atoms with Crippen molar-refractivity contribution in [2.45, 2.75) is 335 Å². The summed E-state index contributed by atoms with van der Waals surface area (Å²) in [6.07, 6.45) is 78.1. The number of esters is 3. The fourth-order valence-corrected chi connectivity index (χ4v) is 9.25. The van der Waals surface area contributed by atoms with E-state index in [0.717, 1.165) is 83.5 Å². The van der Waals surface area contributed by atoms with E-state index in [1.165, 1.54) is 205 Å². The van der Waals surface area contributed by atoms with Crippen LogP contribution in [-0.2, 0) is 28.6 Å². The monoisotopic (exact) mass is 1020 g/mol. The molecule has 1 atom stereocenters. The molecule has 0 amide bonds. The number of rotatable bonds is 58. The molecule has 0 heterocycles. The van der Waals surface area contributed by atoms with Crippen LogP contribution in [0, 0.1) is 0 Å². The lowest BCUT2D eigenvalue weighted by Crippen LogP contribution is -2.30. The van der Waals surface area contributed by atoms with Crippen molar-refractivity contribution in [2.24, 2.45) is 0 Å². The summed E-state index contributed by atoms with van der Waals surface area (Å²) in [5.74, 6) is -0.859. The second kappa shape index (κ2) is 61.7. The lowest BCUT2D eigenvalue weighted by molar-refractivity contribution is -0.167. The average molecular weight is 1020 g/mol. The van der Waals surface area contributed by atoms with Crippen molar-refractivity contribution < 1.29 is 28.6 Å². The van der Waals surface area contributed by atoms with Gasteiger partial charge in [0.2, 0.25) is 0 Å². The van der Waals surface area contributed by atoms with Crippen LogP contribution < -0.4 is 0 Å². The molecule has 0 saturated carbocycles. The maximum atomic E-state index is 12.9. The van der Waals surface area contributed by atoms with Gasteiger partial charge in [-0.3, -0.25) is 14.4 Å². The Balaban J connectivity index is 4.16. The van der Waals surface area contributed by atoms with E-state index in [1.54, 1.807) is 0 Å². The Labute approximate surface area is 453 Å². The predicted molar refractivity (Wildman–Crippen MR) is 316 cm³/mol. The Morgan fingerprint density at radius 3 is 0.849 bits per heavy atom. The van der Waals surface area contributed by atoms with Crippen LogP contribution in [0.15, 0.2) is 60.8 Å². The highest BCUT2D eigenvalue weighted by molar-refractivity contribution is 5.71. The van der Waals surface area contributed by atoms with Gasteiger partial charge >= 0.3 is 17.9 Å². The van der Waals surface area contributed by atoms with Crippen LogP contribution in [0.25, 0.3) is 0 Å². The molecule has 0 aliphatic heterocycles. The Kier molecular flexibility index (Phi) is 59.2. The van der Waals surface area contributed by atoms with E-state index in [9.17, 15) is 14.4 Å². The summed E-state index contributed by atoms with van der Waals surface area (Å²) in [5, 5.41) is 0. The number of ether oxygens (including phenoxy) is 3. The fourth-order valence-electron chi connectivity index (χ4n) is 9.25. The van der Waals surface area contributed by atoms with Crippen molar-refractivity contribution in [2.75, 3.05) is 13.2 Å². The molecule has 6 heteroatoms. The summed E-state index contributed by atoms with van der Waals surface area (Å²) in [6.45, 7) is 6.54. The lowest BCUT2D eigenvalue weighted by Gasteiger charge is -2.18. The van der Waals surface area contributed by atoms with Gasteiger partial charge in [-0.25, -0.2) is 0 Å². The number of carbonyl (C=O) groups excluding carboxylic acids is 3. The van der Waals surface area contributed by atoms with Crippen molar-refractivity contribution >= 4 is 17.9 Å². The molecule has 73 heavy (non-hydrogen) atoms. The van der Waals surface area contributed by atoms with Crippen molar-refractivity contribution in [3.8, 4) is 0 Å². The predicted octanol–water partition coefficient (Wildman–Crippen LogP) is 21.6. The minimum absolute atomic E-state index is 0.0709. The van der Waals surface area contributed by atoms with Gasteiger partial charge in [-0.1, -0.05) is 287 Å². The molecular weight excluding hydrogens is 901 g/mol. The Hall–Kier alpha value is -2.89. The molecule has 6 nitrogen and oxygen atoms in total. The highest BCUT2D eigenvalue weighted by Crippen LogP contribution is 2.17. The molecule has 0 fully saturated rings. The Bertz CT molecular complexity index is 1310. The van der Waals surface area contributed by atoms with Gasteiger partial charge in [0.1, 0.15) is 13.2 Å². The van der Waals surface area contributed by atoms with Crippen LogP contribution in [-0.4, -0.2) is 37.2 Å². The van der Waals surface area contributed by atoms with E-state index in [1.807, 2.05) is 0 Å². The molecule has 0 saturated heterocycles. The molecule has 0 aliphatic rings. The van der Waals surface area contributed by atoms with Gasteiger partial charge in [-0.05, 0) is 83.5 Å². The first-order valence-corrected chi connectivity index (χ1v) is 31.8. The summed E-state index contributed by atoms with van der Waals surface area (Å²) in [7, 11) is 0. The molecular formula is C67H120O6. The first-order chi connectivity index (χ1) is 36.0. The van der Waals surface area contributed by atoms with Crippen LogP contribution in [0.4, 0.5) is 0 Å². The zero-order valence-electron chi connectivity index (χ0n) is 48.7. The zero-order chi connectivity index (χ0) is 52.9. The van der Waals surface area contributed by atoms with Gasteiger partial charge in [-0.2, -0.15) is 0 Å². The first kappa shape index (κ1) is 70.1. The van der Waals surface area contributed by atoms with Gasteiger partial charge in [0.25, 0.3) is 0 Å². The van der Waals surface area contributed by atoms with Crippen LogP contribution >= 0.6 is 0 Å². The highest BCUT2D eigenvalue weighted by atomic mass is 16.6. The second-order valence-electron chi connectivity index (χ2n) is 21.3.